The van der Waals surface area contributed by atoms with Crippen LogP contribution in [-0.4, -0.2) is 17.1 Å². The van der Waals surface area contributed by atoms with E-state index in [1.54, 1.807) is 12.1 Å². The lowest BCUT2D eigenvalue weighted by molar-refractivity contribution is 0.0920. The smallest absolute Gasteiger partial charge is 0.261 e. The van der Waals surface area contributed by atoms with Gasteiger partial charge in [-0.3, -0.25) is 4.79 Å². The fraction of sp³-hybridized carbons (Fsp3) is 0.389. The Morgan fingerprint density at radius 3 is 2.48 bits per heavy atom. The van der Waals surface area contributed by atoms with Crippen LogP contribution >= 0.6 is 11.3 Å². The van der Waals surface area contributed by atoms with Crippen molar-refractivity contribution in [2.75, 3.05) is 0 Å². The number of carbonyl (C=O) groups is 1. The molecule has 0 aliphatic carbocycles. The second-order valence-corrected chi connectivity index (χ2v) is 6.95. The first-order valence-electron chi connectivity index (χ1n) is 7.70. The third-order valence-electron chi connectivity index (χ3n) is 3.73. The topological polar surface area (TPSA) is 49.3 Å². The Morgan fingerprint density at radius 1 is 1.22 bits per heavy atom. The number of nitrogens with one attached hydrogen (secondary N) is 1. The van der Waals surface area contributed by atoms with E-state index in [0.717, 1.165) is 10.4 Å². The quantitative estimate of drug-likeness (QED) is 0.829. The van der Waals surface area contributed by atoms with Crippen molar-refractivity contribution in [2.24, 2.45) is 0 Å². The zero-order valence-electron chi connectivity index (χ0n) is 13.5. The number of benzene rings is 1. The molecule has 124 valence electrons. The van der Waals surface area contributed by atoms with Gasteiger partial charge in [0.05, 0.1) is 11.0 Å². The van der Waals surface area contributed by atoms with Crippen LogP contribution < -0.4 is 5.32 Å². The van der Waals surface area contributed by atoms with Gasteiger partial charge >= 0.3 is 0 Å². The van der Waals surface area contributed by atoms with Gasteiger partial charge in [-0.2, -0.15) is 0 Å². The molecular weight excluding hydrogens is 313 g/mol. The summed E-state index contributed by atoms with van der Waals surface area (Å²) in [4.78, 5) is 13.1. The first-order chi connectivity index (χ1) is 10.9. The minimum absolute atomic E-state index is 0.109. The normalized spacial score (nSPS) is 13.8. The van der Waals surface area contributed by atoms with Crippen molar-refractivity contribution in [1.82, 2.24) is 5.32 Å². The Morgan fingerprint density at radius 2 is 1.87 bits per heavy atom. The van der Waals surface area contributed by atoms with E-state index in [1.165, 1.54) is 23.5 Å². The lowest BCUT2D eigenvalue weighted by Crippen LogP contribution is -2.33. The molecule has 0 bridgehead atoms. The Balaban J connectivity index is 1.96. The van der Waals surface area contributed by atoms with E-state index in [-0.39, 0.29) is 17.8 Å². The number of aliphatic hydroxyl groups excluding tert-OH is 1. The molecule has 2 N–H and O–H groups in total. The predicted octanol–water partition coefficient (Wildman–Crippen LogP) is 4.25. The molecule has 0 saturated heterocycles. The molecule has 1 aromatic carbocycles. The van der Waals surface area contributed by atoms with Crippen LogP contribution in [0.1, 0.15) is 60.0 Å². The lowest BCUT2D eigenvalue weighted by atomic mass is 10.0. The number of thiophene rings is 1. The number of carbonyl (C=O) groups excluding carboxylic acids is 1. The molecule has 2 unspecified atom stereocenters. The highest BCUT2D eigenvalue weighted by atomic mass is 32.1. The molecule has 1 amide bonds. The molecule has 0 fully saturated rings. The number of hydrogen-bond acceptors (Lipinski definition) is 3. The molecular formula is C18H22FNO2S. The molecule has 1 aromatic heterocycles. The summed E-state index contributed by atoms with van der Waals surface area (Å²) >= 11 is 1.43. The highest BCUT2D eigenvalue weighted by molar-refractivity contribution is 7.12. The maximum Gasteiger partial charge on any atom is 0.261 e. The van der Waals surface area contributed by atoms with Gasteiger partial charge < -0.3 is 10.4 Å². The summed E-state index contributed by atoms with van der Waals surface area (Å²) in [5.41, 5.74) is 1.69. The van der Waals surface area contributed by atoms with Gasteiger partial charge in [0.2, 0.25) is 0 Å². The van der Waals surface area contributed by atoms with E-state index in [4.69, 9.17) is 0 Å². The minimum Gasteiger partial charge on any atom is -0.388 e. The van der Waals surface area contributed by atoms with Crippen molar-refractivity contribution in [3.8, 4) is 0 Å². The van der Waals surface area contributed by atoms with Crippen molar-refractivity contribution >= 4 is 17.2 Å². The SMILES string of the molecule is CC(CC(O)c1ccc(F)cc1)NC(=O)c1sccc1C(C)C. The molecule has 3 nitrogen and oxygen atoms in total. The molecule has 2 rings (SSSR count). The molecule has 0 aliphatic rings. The Kier molecular flexibility index (Phi) is 5.91. The van der Waals surface area contributed by atoms with E-state index in [2.05, 4.69) is 19.2 Å². The maximum absolute atomic E-state index is 12.9. The van der Waals surface area contributed by atoms with E-state index < -0.39 is 6.10 Å². The molecule has 2 aromatic rings. The first-order valence-corrected chi connectivity index (χ1v) is 8.58. The molecule has 0 spiro atoms. The molecule has 0 radical (unpaired) electrons. The number of aliphatic hydroxyl groups is 1. The van der Waals surface area contributed by atoms with Crippen LogP contribution in [-0.2, 0) is 0 Å². The summed E-state index contributed by atoms with van der Waals surface area (Å²) in [6.07, 6.45) is -0.362. The van der Waals surface area contributed by atoms with Gasteiger partial charge in [0.25, 0.3) is 5.91 Å². The number of halogens is 1. The van der Waals surface area contributed by atoms with E-state index in [1.807, 2.05) is 18.4 Å². The molecule has 0 saturated carbocycles. The highest BCUT2D eigenvalue weighted by Crippen LogP contribution is 2.25. The summed E-state index contributed by atoms with van der Waals surface area (Å²) in [5, 5.41) is 15.0. The van der Waals surface area contributed by atoms with E-state index in [9.17, 15) is 14.3 Å². The molecule has 5 heteroatoms. The molecule has 2 atom stereocenters. The zero-order chi connectivity index (χ0) is 17.0. The minimum atomic E-state index is -0.737. The summed E-state index contributed by atoms with van der Waals surface area (Å²) in [6, 6.07) is 7.55. The van der Waals surface area contributed by atoms with Crippen molar-refractivity contribution in [2.45, 2.75) is 45.3 Å². The van der Waals surface area contributed by atoms with Crippen LogP contribution in [0, 0.1) is 5.82 Å². The van der Waals surface area contributed by atoms with Crippen molar-refractivity contribution in [3.05, 3.63) is 57.5 Å². The predicted molar refractivity (Wildman–Crippen MR) is 91.3 cm³/mol. The average Bonchev–Trinajstić information content (AvgIpc) is 2.97. The summed E-state index contributed by atoms with van der Waals surface area (Å²) < 4.78 is 12.9. The van der Waals surface area contributed by atoms with Crippen molar-refractivity contribution < 1.29 is 14.3 Å². The second-order valence-electron chi connectivity index (χ2n) is 6.04. The molecule has 23 heavy (non-hydrogen) atoms. The van der Waals surface area contributed by atoms with Gasteiger partial charge in [-0.25, -0.2) is 4.39 Å². The van der Waals surface area contributed by atoms with Crippen LogP contribution in [0.4, 0.5) is 4.39 Å². The number of amides is 1. The largest absolute Gasteiger partial charge is 0.388 e. The fourth-order valence-corrected chi connectivity index (χ4v) is 3.42. The monoisotopic (exact) mass is 335 g/mol. The Labute approximate surface area is 140 Å². The van der Waals surface area contributed by atoms with Crippen molar-refractivity contribution in [3.63, 3.8) is 0 Å². The summed E-state index contributed by atoms with van der Waals surface area (Å²) in [7, 11) is 0. The first kappa shape index (κ1) is 17.6. The third-order valence-corrected chi connectivity index (χ3v) is 4.66. The molecule has 0 aliphatic heterocycles. The van der Waals surface area contributed by atoms with Gasteiger partial charge in [-0.05, 0) is 54.0 Å². The van der Waals surface area contributed by atoms with Gasteiger partial charge in [-0.1, -0.05) is 26.0 Å². The highest BCUT2D eigenvalue weighted by Gasteiger charge is 2.19. The summed E-state index contributed by atoms with van der Waals surface area (Å²) in [5.74, 6) is -0.147. The van der Waals surface area contributed by atoms with Gasteiger partial charge in [0.15, 0.2) is 0 Å². The third kappa shape index (κ3) is 4.62. The fourth-order valence-electron chi connectivity index (χ4n) is 2.46. The Hall–Kier alpha value is -1.72. The van der Waals surface area contributed by atoms with Crippen LogP contribution in [0.15, 0.2) is 35.7 Å². The van der Waals surface area contributed by atoms with Crippen LogP contribution in [0.25, 0.3) is 0 Å². The van der Waals surface area contributed by atoms with Crippen LogP contribution in [0.3, 0.4) is 0 Å². The van der Waals surface area contributed by atoms with Gasteiger partial charge in [0, 0.05) is 6.04 Å². The van der Waals surface area contributed by atoms with Crippen LogP contribution in [0.2, 0.25) is 0 Å². The second kappa shape index (κ2) is 7.70. The summed E-state index contributed by atoms with van der Waals surface area (Å²) in [6.45, 7) is 5.97. The van der Waals surface area contributed by atoms with E-state index >= 15 is 0 Å². The van der Waals surface area contributed by atoms with Crippen LogP contribution in [0.5, 0.6) is 0 Å². The van der Waals surface area contributed by atoms with Gasteiger partial charge in [-0.15, -0.1) is 11.3 Å². The lowest BCUT2D eigenvalue weighted by Gasteiger charge is -2.18. The van der Waals surface area contributed by atoms with Crippen molar-refractivity contribution in [1.29, 1.82) is 0 Å². The van der Waals surface area contributed by atoms with E-state index in [0.29, 0.717) is 17.9 Å². The molecule has 1 heterocycles. The standard InChI is InChI=1S/C18H22FNO2S/c1-11(2)15-8-9-23-17(15)18(22)20-12(3)10-16(21)13-4-6-14(19)7-5-13/h4-9,11-12,16,21H,10H2,1-3H3,(H,20,22). The van der Waals surface area contributed by atoms with Gasteiger partial charge in [0.1, 0.15) is 5.82 Å². The number of rotatable bonds is 6. The Bertz CT molecular complexity index is 651. The zero-order valence-corrected chi connectivity index (χ0v) is 14.4. The number of hydrogen-bond donors (Lipinski definition) is 2. The average molecular weight is 335 g/mol. The maximum atomic E-state index is 12.9.